The number of ether oxygens (including phenoxy) is 1. The molecule has 3 N–H and O–H groups in total. The molecule has 1 aliphatic rings. The van der Waals surface area contributed by atoms with Crippen LogP contribution in [0.2, 0.25) is 0 Å². The van der Waals surface area contributed by atoms with Crippen LogP contribution in [0.4, 0.5) is 0 Å². The fraction of sp³-hybridized carbons (Fsp3) is 0.222. The van der Waals surface area contributed by atoms with Crippen LogP contribution in [0.3, 0.4) is 0 Å². The van der Waals surface area contributed by atoms with Gasteiger partial charge in [-0.3, -0.25) is 9.59 Å². The fourth-order valence-electron chi connectivity index (χ4n) is 2.98. The number of amides is 1. The van der Waals surface area contributed by atoms with Crippen LogP contribution in [-0.4, -0.2) is 52.2 Å². The Labute approximate surface area is 148 Å². The number of phenolic OH excluding ortho intramolecular Hbond substituents is 1. The highest BCUT2D eigenvalue weighted by Crippen LogP contribution is 2.41. The van der Waals surface area contributed by atoms with Crippen molar-refractivity contribution in [2.45, 2.75) is 6.04 Å². The number of Topliss-reactive ketones (excluding diaryl/α,β-unsaturated/α-hetero) is 1. The van der Waals surface area contributed by atoms with Gasteiger partial charge in [0.25, 0.3) is 5.91 Å². The van der Waals surface area contributed by atoms with E-state index in [1.54, 1.807) is 0 Å². The number of ketones is 1. The number of methoxy groups -OCH3 is 1. The zero-order chi connectivity index (χ0) is 18.8. The van der Waals surface area contributed by atoms with Crippen LogP contribution >= 0.6 is 0 Å². The lowest BCUT2D eigenvalue weighted by atomic mass is 9.94. The number of hydrogen-bond donors (Lipinski definition) is 3. The minimum Gasteiger partial charge on any atom is -0.504 e. The topological polar surface area (TPSA) is 120 Å². The van der Waals surface area contributed by atoms with E-state index in [-0.39, 0.29) is 36.0 Å². The molecule has 1 aromatic carbocycles. The van der Waals surface area contributed by atoms with Crippen molar-refractivity contribution in [3.05, 3.63) is 59.3 Å². The van der Waals surface area contributed by atoms with E-state index in [0.29, 0.717) is 5.56 Å². The predicted octanol–water partition coefficient (Wildman–Crippen LogP) is 1.56. The van der Waals surface area contributed by atoms with Gasteiger partial charge in [-0.05, 0) is 29.8 Å². The molecule has 0 radical (unpaired) electrons. The molecule has 1 amide bonds. The highest BCUT2D eigenvalue weighted by Gasteiger charge is 2.44. The Morgan fingerprint density at radius 1 is 1.31 bits per heavy atom. The number of nitrogens with zero attached hydrogens (tertiary/aromatic N) is 1. The minimum absolute atomic E-state index is 0.0269. The molecule has 2 aromatic rings. The summed E-state index contributed by atoms with van der Waals surface area (Å²) in [6, 6.07) is 6.32. The summed E-state index contributed by atoms with van der Waals surface area (Å²) in [6.45, 7) is -0.446. The van der Waals surface area contributed by atoms with Gasteiger partial charge in [-0.15, -0.1) is 0 Å². The van der Waals surface area contributed by atoms with Crippen molar-refractivity contribution in [2.75, 3.05) is 20.3 Å². The normalized spacial score (nSPS) is 17.1. The molecule has 1 unspecified atom stereocenters. The molecule has 3 rings (SSSR count). The van der Waals surface area contributed by atoms with Crippen LogP contribution in [0.1, 0.15) is 22.2 Å². The summed E-state index contributed by atoms with van der Waals surface area (Å²) in [4.78, 5) is 26.4. The molecule has 0 aliphatic carbocycles. The molecule has 1 aromatic heterocycles. The van der Waals surface area contributed by atoms with Crippen LogP contribution in [0.25, 0.3) is 0 Å². The molecule has 8 heteroatoms. The number of benzene rings is 1. The van der Waals surface area contributed by atoms with Crippen LogP contribution in [-0.2, 0) is 4.79 Å². The van der Waals surface area contributed by atoms with Crippen LogP contribution < -0.4 is 4.74 Å². The number of carbonyl (C=O) groups is 2. The average molecular weight is 359 g/mol. The summed E-state index contributed by atoms with van der Waals surface area (Å²) in [5.74, 6) is -2.10. The third-order valence-corrected chi connectivity index (χ3v) is 4.15. The minimum atomic E-state index is -0.957. The second-order valence-corrected chi connectivity index (χ2v) is 5.62. The largest absolute Gasteiger partial charge is 0.504 e. The molecule has 0 saturated heterocycles. The number of carbonyl (C=O) groups excluding carboxylic acids is 2. The zero-order valence-electron chi connectivity index (χ0n) is 13.9. The quantitative estimate of drug-likeness (QED) is 0.669. The third kappa shape index (κ3) is 2.80. The van der Waals surface area contributed by atoms with E-state index >= 15 is 0 Å². The van der Waals surface area contributed by atoms with Gasteiger partial charge in [0.05, 0.1) is 31.6 Å². The molecule has 0 bridgehead atoms. The van der Waals surface area contributed by atoms with Gasteiger partial charge in [-0.1, -0.05) is 6.07 Å². The van der Waals surface area contributed by atoms with E-state index < -0.39 is 23.5 Å². The first kappa shape index (κ1) is 17.6. The maximum absolute atomic E-state index is 12.8. The Balaban J connectivity index is 2.13. The zero-order valence-corrected chi connectivity index (χ0v) is 13.9. The van der Waals surface area contributed by atoms with E-state index in [1.807, 2.05) is 0 Å². The standard InChI is InChI=1S/C18H17NO7/c1-25-13-9-10(4-5-11(13)21)15-14(16(22)12-3-2-8-26-12)17(23)18(24)19(15)6-7-20/h2-5,8-9,15,20-21,23H,6-7H2,1H3. The number of aliphatic hydroxyl groups is 2. The number of aromatic hydroxyl groups is 1. The highest BCUT2D eigenvalue weighted by atomic mass is 16.5. The van der Waals surface area contributed by atoms with Gasteiger partial charge in [-0.2, -0.15) is 0 Å². The van der Waals surface area contributed by atoms with Gasteiger partial charge in [0.15, 0.2) is 23.0 Å². The van der Waals surface area contributed by atoms with Crippen molar-refractivity contribution in [1.82, 2.24) is 4.90 Å². The maximum atomic E-state index is 12.8. The lowest BCUT2D eigenvalue weighted by Gasteiger charge is -2.26. The summed E-state index contributed by atoms with van der Waals surface area (Å²) >= 11 is 0. The molecule has 0 saturated carbocycles. The van der Waals surface area contributed by atoms with Crippen molar-refractivity contribution in [3.63, 3.8) is 0 Å². The Morgan fingerprint density at radius 3 is 2.69 bits per heavy atom. The van der Waals surface area contributed by atoms with Gasteiger partial charge in [0.2, 0.25) is 5.78 Å². The number of furan rings is 1. The summed E-state index contributed by atoms with van der Waals surface area (Å²) in [5, 5.41) is 29.4. The van der Waals surface area contributed by atoms with E-state index in [1.165, 1.54) is 48.6 Å². The maximum Gasteiger partial charge on any atom is 0.290 e. The Kier molecular flexibility index (Phi) is 4.68. The van der Waals surface area contributed by atoms with Crippen molar-refractivity contribution in [2.24, 2.45) is 0 Å². The molecule has 1 atom stereocenters. The van der Waals surface area contributed by atoms with Crippen molar-refractivity contribution < 1.29 is 34.1 Å². The first-order valence-corrected chi connectivity index (χ1v) is 7.79. The van der Waals surface area contributed by atoms with Crippen LogP contribution in [0, 0.1) is 0 Å². The molecule has 8 nitrogen and oxygen atoms in total. The SMILES string of the molecule is COc1cc(C2C(C(=O)c3ccco3)=C(O)C(=O)N2CCO)ccc1O. The van der Waals surface area contributed by atoms with Gasteiger partial charge >= 0.3 is 0 Å². The van der Waals surface area contributed by atoms with Crippen molar-refractivity contribution in [3.8, 4) is 11.5 Å². The number of rotatable bonds is 6. The molecule has 26 heavy (non-hydrogen) atoms. The molecular formula is C18H17NO7. The van der Waals surface area contributed by atoms with E-state index in [4.69, 9.17) is 9.15 Å². The first-order valence-electron chi connectivity index (χ1n) is 7.79. The number of aliphatic hydroxyl groups excluding tert-OH is 2. The summed E-state index contributed by atoms with van der Waals surface area (Å²) < 4.78 is 10.2. The van der Waals surface area contributed by atoms with Gasteiger partial charge in [0, 0.05) is 6.54 Å². The van der Waals surface area contributed by atoms with Gasteiger partial charge in [0.1, 0.15) is 0 Å². The van der Waals surface area contributed by atoms with Crippen molar-refractivity contribution in [1.29, 1.82) is 0 Å². The summed E-state index contributed by atoms with van der Waals surface area (Å²) in [6.07, 6.45) is 1.31. The van der Waals surface area contributed by atoms with Gasteiger partial charge < -0.3 is 29.4 Å². The number of phenols is 1. The number of hydrogen-bond acceptors (Lipinski definition) is 7. The second-order valence-electron chi connectivity index (χ2n) is 5.62. The highest BCUT2D eigenvalue weighted by molar-refractivity contribution is 6.15. The Bertz CT molecular complexity index is 870. The molecule has 2 heterocycles. The molecule has 1 aliphatic heterocycles. The summed E-state index contributed by atoms with van der Waals surface area (Å²) in [7, 11) is 1.37. The van der Waals surface area contributed by atoms with Gasteiger partial charge in [-0.25, -0.2) is 0 Å². The van der Waals surface area contributed by atoms with Crippen LogP contribution in [0.15, 0.2) is 52.3 Å². The third-order valence-electron chi connectivity index (χ3n) is 4.15. The molecule has 136 valence electrons. The number of β-amino-alcohol motifs (C(OH)–C–C–N with tert-alkyl or cyclic N) is 1. The Hall–Kier alpha value is -3.26. The smallest absolute Gasteiger partial charge is 0.290 e. The fourth-order valence-corrected chi connectivity index (χ4v) is 2.98. The monoisotopic (exact) mass is 359 g/mol. The predicted molar refractivity (Wildman–Crippen MR) is 88.9 cm³/mol. The van der Waals surface area contributed by atoms with Crippen molar-refractivity contribution >= 4 is 11.7 Å². The molecule has 0 spiro atoms. The molecular weight excluding hydrogens is 342 g/mol. The molecule has 0 fully saturated rings. The summed E-state index contributed by atoms with van der Waals surface area (Å²) in [5.41, 5.74) is 0.270. The van der Waals surface area contributed by atoms with E-state index in [9.17, 15) is 24.9 Å². The lowest BCUT2D eigenvalue weighted by molar-refractivity contribution is -0.129. The first-order chi connectivity index (χ1) is 12.5. The second kappa shape index (κ2) is 6.93. The van der Waals surface area contributed by atoms with Crippen LogP contribution in [0.5, 0.6) is 11.5 Å². The average Bonchev–Trinajstić information content (AvgIpc) is 3.25. The van der Waals surface area contributed by atoms with E-state index in [2.05, 4.69) is 0 Å². The van der Waals surface area contributed by atoms with E-state index in [0.717, 1.165) is 0 Å². The lowest BCUT2D eigenvalue weighted by Crippen LogP contribution is -2.33. The Morgan fingerprint density at radius 2 is 2.08 bits per heavy atom.